The molecule has 0 amide bonds. The summed E-state index contributed by atoms with van der Waals surface area (Å²) in [6, 6.07) is 16.7. The predicted octanol–water partition coefficient (Wildman–Crippen LogP) is 1.89. The number of carbonyl (C=O) groups is 1. The summed E-state index contributed by atoms with van der Waals surface area (Å²) in [5.41, 5.74) is -1.25. The van der Waals surface area contributed by atoms with Crippen molar-refractivity contribution in [3.8, 4) is 0 Å². The fourth-order valence-electron chi connectivity index (χ4n) is 2.35. The Balaban J connectivity index is 2.12. The van der Waals surface area contributed by atoms with Crippen LogP contribution in [0.25, 0.3) is 0 Å². The SMILES string of the molecule is O=C(c1ccccc1)n1c(=O)c(F)cn(Cc2ccccc2)c1=O. The van der Waals surface area contributed by atoms with E-state index in [1.807, 2.05) is 6.07 Å². The van der Waals surface area contributed by atoms with Crippen molar-refractivity contribution in [2.75, 3.05) is 0 Å². The summed E-state index contributed by atoms with van der Waals surface area (Å²) in [6.07, 6.45) is 0.826. The van der Waals surface area contributed by atoms with E-state index in [0.717, 1.165) is 16.3 Å². The number of rotatable bonds is 3. The molecule has 1 heterocycles. The minimum Gasteiger partial charge on any atom is -0.293 e. The van der Waals surface area contributed by atoms with Crippen LogP contribution in [0, 0.1) is 5.82 Å². The maximum Gasteiger partial charge on any atom is 0.338 e. The van der Waals surface area contributed by atoms with Gasteiger partial charge >= 0.3 is 5.69 Å². The van der Waals surface area contributed by atoms with E-state index in [1.54, 1.807) is 42.5 Å². The van der Waals surface area contributed by atoms with Crippen molar-refractivity contribution in [2.45, 2.75) is 6.54 Å². The molecule has 0 saturated carbocycles. The van der Waals surface area contributed by atoms with E-state index >= 15 is 0 Å². The summed E-state index contributed by atoms with van der Waals surface area (Å²) in [5, 5.41) is 0. The lowest BCUT2D eigenvalue weighted by atomic mass is 10.2. The Bertz CT molecular complexity index is 992. The summed E-state index contributed by atoms with van der Waals surface area (Å²) in [5.74, 6) is -2.01. The zero-order chi connectivity index (χ0) is 17.1. The largest absolute Gasteiger partial charge is 0.338 e. The second-order valence-corrected chi connectivity index (χ2v) is 5.18. The zero-order valence-electron chi connectivity index (χ0n) is 12.6. The molecule has 0 spiro atoms. The maximum absolute atomic E-state index is 14.0. The fraction of sp³-hybridized carbons (Fsp3) is 0.0556. The quantitative estimate of drug-likeness (QED) is 0.739. The molecule has 0 atom stereocenters. The van der Waals surface area contributed by atoms with Crippen LogP contribution < -0.4 is 11.2 Å². The number of carbonyl (C=O) groups excluding carboxylic acids is 1. The first-order valence-corrected chi connectivity index (χ1v) is 7.23. The number of nitrogens with zero attached hydrogens (tertiary/aromatic N) is 2. The molecule has 0 unspecified atom stereocenters. The van der Waals surface area contributed by atoms with Gasteiger partial charge in [0, 0.05) is 5.56 Å². The number of halogens is 1. The van der Waals surface area contributed by atoms with E-state index in [-0.39, 0.29) is 12.1 Å². The van der Waals surface area contributed by atoms with Gasteiger partial charge in [0.1, 0.15) is 0 Å². The second kappa shape index (κ2) is 6.45. The Labute approximate surface area is 136 Å². The van der Waals surface area contributed by atoms with Gasteiger partial charge in [-0.05, 0) is 17.7 Å². The van der Waals surface area contributed by atoms with Crippen LogP contribution in [0.1, 0.15) is 15.9 Å². The van der Waals surface area contributed by atoms with Gasteiger partial charge in [-0.3, -0.25) is 14.2 Å². The number of benzene rings is 2. The summed E-state index contributed by atoms with van der Waals surface area (Å²) < 4.78 is 15.3. The second-order valence-electron chi connectivity index (χ2n) is 5.18. The molecule has 0 saturated heterocycles. The highest BCUT2D eigenvalue weighted by Crippen LogP contribution is 2.02. The number of hydrogen-bond acceptors (Lipinski definition) is 3. The first-order chi connectivity index (χ1) is 11.6. The van der Waals surface area contributed by atoms with Crippen LogP contribution in [0.15, 0.2) is 76.4 Å². The standard InChI is InChI=1S/C18H13FN2O3/c19-15-12-20(11-13-7-3-1-4-8-13)18(24)21(17(15)23)16(22)14-9-5-2-6-10-14/h1-10,12H,11H2. The monoisotopic (exact) mass is 324 g/mol. The molecule has 2 aromatic carbocycles. The highest BCUT2D eigenvalue weighted by molar-refractivity contribution is 5.95. The maximum atomic E-state index is 14.0. The molecule has 1 aromatic heterocycles. The van der Waals surface area contributed by atoms with E-state index in [1.165, 1.54) is 12.1 Å². The molecule has 6 heteroatoms. The van der Waals surface area contributed by atoms with Crippen molar-refractivity contribution < 1.29 is 9.18 Å². The van der Waals surface area contributed by atoms with Gasteiger partial charge < -0.3 is 0 Å². The van der Waals surface area contributed by atoms with Gasteiger partial charge in [-0.15, -0.1) is 0 Å². The summed E-state index contributed by atoms with van der Waals surface area (Å²) >= 11 is 0. The molecular weight excluding hydrogens is 311 g/mol. The average molecular weight is 324 g/mol. The van der Waals surface area contributed by atoms with Crippen LogP contribution in [0.3, 0.4) is 0 Å². The topological polar surface area (TPSA) is 61.1 Å². The van der Waals surface area contributed by atoms with Gasteiger partial charge in [-0.25, -0.2) is 4.79 Å². The first-order valence-electron chi connectivity index (χ1n) is 7.23. The van der Waals surface area contributed by atoms with Gasteiger partial charge in [-0.2, -0.15) is 8.96 Å². The molecule has 120 valence electrons. The summed E-state index contributed by atoms with van der Waals surface area (Å²) in [6.45, 7) is 0.0545. The van der Waals surface area contributed by atoms with Crippen LogP contribution in [-0.4, -0.2) is 15.0 Å². The van der Waals surface area contributed by atoms with E-state index in [4.69, 9.17) is 0 Å². The zero-order valence-corrected chi connectivity index (χ0v) is 12.6. The Morgan fingerprint density at radius 3 is 2.12 bits per heavy atom. The van der Waals surface area contributed by atoms with Gasteiger partial charge in [0.15, 0.2) is 0 Å². The van der Waals surface area contributed by atoms with Crippen molar-refractivity contribution in [3.05, 3.63) is 105 Å². The smallest absolute Gasteiger partial charge is 0.293 e. The van der Waals surface area contributed by atoms with Gasteiger partial charge in [0.2, 0.25) is 5.82 Å². The van der Waals surface area contributed by atoms with Gasteiger partial charge in [0.05, 0.1) is 12.7 Å². The number of aromatic nitrogens is 2. The molecule has 3 aromatic rings. The molecule has 0 aliphatic rings. The molecule has 0 fully saturated rings. The molecule has 0 N–H and O–H groups in total. The van der Waals surface area contributed by atoms with Crippen LogP contribution in [0.2, 0.25) is 0 Å². The Hall–Kier alpha value is -3.28. The van der Waals surface area contributed by atoms with Gasteiger partial charge in [-0.1, -0.05) is 48.5 Å². The Morgan fingerprint density at radius 1 is 0.917 bits per heavy atom. The third kappa shape index (κ3) is 2.94. The summed E-state index contributed by atoms with van der Waals surface area (Å²) in [7, 11) is 0. The van der Waals surface area contributed by atoms with Crippen LogP contribution in [-0.2, 0) is 6.54 Å². The van der Waals surface area contributed by atoms with Crippen LogP contribution in [0.5, 0.6) is 0 Å². The minimum atomic E-state index is -1.25. The Morgan fingerprint density at radius 2 is 1.50 bits per heavy atom. The van der Waals surface area contributed by atoms with Crippen molar-refractivity contribution in [1.29, 1.82) is 0 Å². The minimum absolute atomic E-state index is 0.0545. The van der Waals surface area contributed by atoms with Crippen molar-refractivity contribution in [1.82, 2.24) is 9.13 Å². The van der Waals surface area contributed by atoms with Crippen LogP contribution in [0.4, 0.5) is 4.39 Å². The molecule has 3 rings (SSSR count). The highest BCUT2D eigenvalue weighted by atomic mass is 19.1. The molecule has 0 aliphatic carbocycles. The fourth-order valence-corrected chi connectivity index (χ4v) is 2.35. The van der Waals surface area contributed by atoms with Crippen molar-refractivity contribution in [2.24, 2.45) is 0 Å². The molecule has 24 heavy (non-hydrogen) atoms. The van der Waals surface area contributed by atoms with E-state index < -0.39 is 23.0 Å². The highest BCUT2D eigenvalue weighted by Gasteiger charge is 2.18. The third-order valence-electron chi connectivity index (χ3n) is 3.53. The predicted molar refractivity (Wildman–Crippen MR) is 86.6 cm³/mol. The Kier molecular flexibility index (Phi) is 4.20. The van der Waals surface area contributed by atoms with Crippen molar-refractivity contribution in [3.63, 3.8) is 0 Å². The molecule has 0 aliphatic heterocycles. The average Bonchev–Trinajstić information content (AvgIpc) is 2.61. The normalized spacial score (nSPS) is 10.5. The van der Waals surface area contributed by atoms with E-state index in [9.17, 15) is 18.8 Å². The molecular formula is C18H13FN2O3. The molecule has 5 nitrogen and oxygen atoms in total. The summed E-state index contributed by atoms with van der Waals surface area (Å²) in [4.78, 5) is 36.9. The molecule has 0 bridgehead atoms. The number of hydrogen-bond donors (Lipinski definition) is 0. The van der Waals surface area contributed by atoms with Gasteiger partial charge in [0.25, 0.3) is 11.5 Å². The van der Waals surface area contributed by atoms with E-state index in [0.29, 0.717) is 4.57 Å². The van der Waals surface area contributed by atoms with Crippen molar-refractivity contribution >= 4 is 5.91 Å². The lowest BCUT2D eigenvalue weighted by molar-refractivity contribution is 0.0946. The lowest BCUT2D eigenvalue weighted by Gasteiger charge is -2.10. The molecule has 0 radical (unpaired) electrons. The third-order valence-corrected chi connectivity index (χ3v) is 3.53. The van der Waals surface area contributed by atoms with Crippen LogP contribution >= 0.6 is 0 Å². The first kappa shape index (κ1) is 15.6. The lowest BCUT2D eigenvalue weighted by Crippen LogP contribution is -2.45. The van der Waals surface area contributed by atoms with E-state index in [2.05, 4.69) is 0 Å².